The summed E-state index contributed by atoms with van der Waals surface area (Å²) in [6.07, 6.45) is 0. The highest BCUT2D eigenvalue weighted by molar-refractivity contribution is 6.43. The molecule has 7 heteroatoms. The Hall–Kier alpha value is -1.75. The first-order valence-corrected chi connectivity index (χ1v) is 7.02. The molecule has 3 aromatic rings. The SMILES string of the molecule is Nc1nc(Oc2cc(Cl)c(Cl)cc2Cl)c2ccccc2n1. The van der Waals surface area contributed by atoms with Crippen LogP contribution in [0.4, 0.5) is 5.95 Å². The number of fused-ring (bicyclic) bond motifs is 1. The molecule has 21 heavy (non-hydrogen) atoms. The van der Waals surface area contributed by atoms with Crippen LogP contribution in [0, 0.1) is 0 Å². The molecule has 106 valence electrons. The quantitative estimate of drug-likeness (QED) is 0.669. The van der Waals surface area contributed by atoms with E-state index in [2.05, 4.69) is 9.97 Å². The van der Waals surface area contributed by atoms with Gasteiger partial charge in [-0.2, -0.15) is 4.98 Å². The van der Waals surface area contributed by atoms with Gasteiger partial charge in [0.2, 0.25) is 11.8 Å². The molecule has 4 nitrogen and oxygen atoms in total. The molecular formula is C14H8Cl3N3O. The third kappa shape index (κ3) is 2.83. The lowest BCUT2D eigenvalue weighted by atomic mass is 10.2. The zero-order chi connectivity index (χ0) is 15.0. The number of para-hydroxylation sites is 1. The number of rotatable bonds is 2. The molecular weight excluding hydrogens is 333 g/mol. The summed E-state index contributed by atoms with van der Waals surface area (Å²) < 4.78 is 5.73. The van der Waals surface area contributed by atoms with E-state index >= 15 is 0 Å². The van der Waals surface area contributed by atoms with Gasteiger partial charge in [0, 0.05) is 6.07 Å². The number of hydrogen-bond acceptors (Lipinski definition) is 4. The van der Waals surface area contributed by atoms with Crippen LogP contribution in [-0.4, -0.2) is 9.97 Å². The maximum Gasteiger partial charge on any atom is 0.232 e. The molecule has 2 aromatic carbocycles. The summed E-state index contributed by atoms with van der Waals surface area (Å²) in [6.45, 7) is 0. The van der Waals surface area contributed by atoms with Gasteiger partial charge in [0.05, 0.1) is 26.0 Å². The largest absolute Gasteiger partial charge is 0.437 e. The number of halogens is 3. The van der Waals surface area contributed by atoms with Gasteiger partial charge in [0.15, 0.2) is 0 Å². The van der Waals surface area contributed by atoms with Crippen molar-refractivity contribution in [3.8, 4) is 11.6 Å². The first-order valence-electron chi connectivity index (χ1n) is 5.89. The number of anilines is 1. The van der Waals surface area contributed by atoms with Crippen molar-refractivity contribution in [1.82, 2.24) is 9.97 Å². The Kier molecular flexibility index (Phi) is 3.76. The van der Waals surface area contributed by atoms with E-state index in [9.17, 15) is 0 Å². The van der Waals surface area contributed by atoms with Crippen LogP contribution in [0.2, 0.25) is 15.1 Å². The lowest BCUT2D eigenvalue weighted by Gasteiger charge is -2.10. The fourth-order valence-corrected chi connectivity index (χ4v) is 2.40. The van der Waals surface area contributed by atoms with E-state index in [0.29, 0.717) is 37.6 Å². The predicted octanol–water partition coefficient (Wildman–Crippen LogP) is 4.96. The molecule has 0 aliphatic heterocycles. The number of nitrogens with two attached hydrogens (primary N) is 1. The van der Waals surface area contributed by atoms with Crippen molar-refractivity contribution < 1.29 is 4.74 Å². The van der Waals surface area contributed by atoms with Gasteiger partial charge in [0.1, 0.15) is 5.75 Å². The van der Waals surface area contributed by atoms with Crippen LogP contribution in [-0.2, 0) is 0 Å². The second kappa shape index (κ2) is 5.56. The van der Waals surface area contributed by atoms with E-state index in [-0.39, 0.29) is 5.95 Å². The molecule has 0 spiro atoms. The second-order valence-electron chi connectivity index (χ2n) is 4.20. The molecule has 0 radical (unpaired) electrons. The zero-order valence-electron chi connectivity index (χ0n) is 10.5. The molecule has 0 bridgehead atoms. The van der Waals surface area contributed by atoms with E-state index in [1.165, 1.54) is 12.1 Å². The Bertz CT molecular complexity index is 839. The summed E-state index contributed by atoms with van der Waals surface area (Å²) in [4.78, 5) is 8.24. The van der Waals surface area contributed by atoms with Crippen molar-refractivity contribution in [1.29, 1.82) is 0 Å². The molecule has 0 fully saturated rings. The molecule has 0 amide bonds. The number of nitrogen functional groups attached to an aromatic ring is 1. The Morgan fingerprint density at radius 1 is 0.905 bits per heavy atom. The lowest BCUT2D eigenvalue weighted by molar-refractivity contribution is 0.469. The van der Waals surface area contributed by atoms with Gasteiger partial charge >= 0.3 is 0 Å². The van der Waals surface area contributed by atoms with E-state index in [4.69, 9.17) is 45.3 Å². The Balaban J connectivity index is 2.12. The van der Waals surface area contributed by atoms with Crippen LogP contribution in [0.1, 0.15) is 0 Å². The fourth-order valence-electron chi connectivity index (χ4n) is 1.83. The number of ether oxygens (including phenoxy) is 1. The summed E-state index contributed by atoms with van der Waals surface area (Å²) in [5.41, 5.74) is 6.37. The topological polar surface area (TPSA) is 61.0 Å². The monoisotopic (exact) mass is 339 g/mol. The first kappa shape index (κ1) is 14.2. The van der Waals surface area contributed by atoms with Gasteiger partial charge in [-0.3, -0.25) is 0 Å². The van der Waals surface area contributed by atoms with Gasteiger partial charge in [-0.1, -0.05) is 46.9 Å². The minimum absolute atomic E-state index is 0.111. The number of aromatic nitrogens is 2. The standard InChI is InChI=1S/C14H8Cl3N3O/c15-8-5-10(17)12(6-9(8)16)21-13-7-3-1-2-4-11(7)19-14(18)20-13/h1-6H,(H2,18,19,20). The van der Waals surface area contributed by atoms with Crippen molar-refractivity contribution in [2.45, 2.75) is 0 Å². The summed E-state index contributed by atoms with van der Waals surface area (Å²) in [5, 5.41) is 1.72. The third-order valence-corrected chi connectivity index (χ3v) is 3.78. The first-order chi connectivity index (χ1) is 10.0. The maximum absolute atomic E-state index is 6.10. The fraction of sp³-hybridized carbons (Fsp3) is 0. The molecule has 0 unspecified atom stereocenters. The minimum atomic E-state index is 0.111. The van der Waals surface area contributed by atoms with Crippen LogP contribution in [0.15, 0.2) is 36.4 Å². The van der Waals surface area contributed by atoms with Crippen molar-refractivity contribution in [2.75, 3.05) is 5.73 Å². The van der Waals surface area contributed by atoms with Crippen LogP contribution in [0.5, 0.6) is 11.6 Å². The van der Waals surface area contributed by atoms with Gasteiger partial charge in [-0.05, 0) is 18.2 Å². The highest BCUT2D eigenvalue weighted by atomic mass is 35.5. The summed E-state index contributed by atoms with van der Waals surface area (Å²) in [5.74, 6) is 0.757. The molecule has 1 heterocycles. The van der Waals surface area contributed by atoms with Gasteiger partial charge in [-0.25, -0.2) is 4.98 Å². The van der Waals surface area contributed by atoms with Crippen molar-refractivity contribution in [2.24, 2.45) is 0 Å². The maximum atomic E-state index is 6.10. The van der Waals surface area contributed by atoms with E-state index in [1.807, 2.05) is 24.3 Å². The van der Waals surface area contributed by atoms with E-state index < -0.39 is 0 Å². The highest BCUT2D eigenvalue weighted by Gasteiger charge is 2.12. The zero-order valence-corrected chi connectivity index (χ0v) is 12.7. The second-order valence-corrected chi connectivity index (χ2v) is 5.42. The predicted molar refractivity (Wildman–Crippen MR) is 85.5 cm³/mol. The molecule has 3 rings (SSSR count). The van der Waals surface area contributed by atoms with Gasteiger partial charge < -0.3 is 10.5 Å². The van der Waals surface area contributed by atoms with Crippen molar-refractivity contribution in [3.05, 3.63) is 51.5 Å². The average Bonchev–Trinajstić information content (AvgIpc) is 2.44. The highest BCUT2D eigenvalue weighted by Crippen LogP contribution is 2.37. The minimum Gasteiger partial charge on any atom is -0.437 e. The van der Waals surface area contributed by atoms with E-state index in [1.54, 1.807) is 0 Å². The number of nitrogens with zero attached hydrogens (tertiary/aromatic N) is 2. The molecule has 0 aliphatic carbocycles. The lowest BCUT2D eigenvalue weighted by Crippen LogP contribution is -1.98. The molecule has 0 aliphatic rings. The molecule has 0 saturated carbocycles. The molecule has 2 N–H and O–H groups in total. The smallest absolute Gasteiger partial charge is 0.232 e. The Morgan fingerprint density at radius 3 is 2.43 bits per heavy atom. The van der Waals surface area contributed by atoms with Crippen LogP contribution >= 0.6 is 34.8 Å². The van der Waals surface area contributed by atoms with Crippen molar-refractivity contribution in [3.63, 3.8) is 0 Å². The molecule has 1 aromatic heterocycles. The molecule has 0 atom stereocenters. The summed E-state index contributed by atoms with van der Waals surface area (Å²) >= 11 is 18.0. The number of benzene rings is 2. The van der Waals surface area contributed by atoms with Crippen LogP contribution < -0.4 is 10.5 Å². The normalized spacial score (nSPS) is 10.8. The van der Waals surface area contributed by atoms with Crippen molar-refractivity contribution >= 4 is 51.7 Å². The Labute approximate surface area is 135 Å². The summed E-state index contributed by atoms with van der Waals surface area (Å²) in [6, 6.07) is 10.4. The third-order valence-electron chi connectivity index (χ3n) is 2.77. The Morgan fingerprint density at radius 2 is 1.62 bits per heavy atom. The molecule has 0 saturated heterocycles. The van der Waals surface area contributed by atoms with E-state index in [0.717, 1.165) is 0 Å². The number of hydrogen-bond donors (Lipinski definition) is 1. The van der Waals surface area contributed by atoms with Gasteiger partial charge in [-0.15, -0.1) is 0 Å². The van der Waals surface area contributed by atoms with Crippen LogP contribution in [0.25, 0.3) is 10.9 Å². The average molecular weight is 341 g/mol. The summed E-state index contributed by atoms with van der Waals surface area (Å²) in [7, 11) is 0. The van der Waals surface area contributed by atoms with Gasteiger partial charge in [0.25, 0.3) is 0 Å². The van der Waals surface area contributed by atoms with Crippen LogP contribution in [0.3, 0.4) is 0 Å².